The van der Waals surface area contributed by atoms with Crippen LogP contribution in [0.4, 0.5) is 0 Å². The third kappa shape index (κ3) is 9.80. The molecule has 0 saturated carbocycles. The molecule has 0 aliphatic heterocycles. The molecule has 0 aromatic carbocycles. The molecule has 0 aliphatic carbocycles. The monoisotopic (exact) mass is 385 g/mol. The molecular formula is C15H33Br2N. The van der Waals surface area contributed by atoms with E-state index in [-0.39, 0.29) is 17.0 Å². The maximum atomic E-state index is 3.77. The standard InChI is InChI=1S/C15H33BrN.BrH/c1-4-7-10-11-14-17(15-16,12-8-5-2)13-9-6-3;/h4-15H2,1-3H3;1H/q+1;/p-1. The van der Waals surface area contributed by atoms with Gasteiger partial charge in [0.25, 0.3) is 0 Å². The summed E-state index contributed by atoms with van der Waals surface area (Å²) in [5.74, 6) is 0. The van der Waals surface area contributed by atoms with Crippen LogP contribution in [0.1, 0.15) is 72.1 Å². The smallest absolute Gasteiger partial charge is 0.134 e. The molecule has 0 aromatic heterocycles. The van der Waals surface area contributed by atoms with Crippen LogP contribution in [0, 0.1) is 0 Å². The SMILES string of the molecule is CCCCCC[N+](CBr)(CCCC)CCCC.[Br-]. The van der Waals surface area contributed by atoms with Gasteiger partial charge in [-0.15, -0.1) is 0 Å². The molecule has 0 rings (SSSR count). The van der Waals surface area contributed by atoms with Crippen molar-refractivity contribution in [2.75, 3.05) is 25.1 Å². The molecule has 0 radical (unpaired) electrons. The number of hydrogen-bond acceptors (Lipinski definition) is 0. The highest BCUT2D eigenvalue weighted by Gasteiger charge is 2.23. The van der Waals surface area contributed by atoms with Crippen LogP contribution in [-0.2, 0) is 0 Å². The van der Waals surface area contributed by atoms with E-state index >= 15 is 0 Å². The van der Waals surface area contributed by atoms with Crippen LogP contribution in [0.3, 0.4) is 0 Å². The zero-order chi connectivity index (χ0) is 13.0. The number of alkyl halides is 1. The number of halogens is 2. The van der Waals surface area contributed by atoms with Gasteiger partial charge >= 0.3 is 0 Å². The number of nitrogens with zero attached hydrogens (tertiary/aromatic N) is 1. The summed E-state index contributed by atoms with van der Waals surface area (Å²) >= 11 is 3.77. The van der Waals surface area contributed by atoms with Crippen molar-refractivity contribution in [2.24, 2.45) is 0 Å². The number of rotatable bonds is 12. The number of unbranched alkanes of at least 4 members (excludes halogenated alkanes) is 5. The lowest BCUT2D eigenvalue weighted by Crippen LogP contribution is -3.00. The Bertz CT molecular complexity index is 155. The van der Waals surface area contributed by atoms with Crippen molar-refractivity contribution in [2.45, 2.75) is 72.1 Å². The number of hydrogen-bond donors (Lipinski definition) is 0. The first-order chi connectivity index (χ1) is 8.24. The summed E-state index contributed by atoms with van der Waals surface area (Å²) in [7, 11) is 0. The van der Waals surface area contributed by atoms with Gasteiger partial charge in [0.1, 0.15) is 5.45 Å². The van der Waals surface area contributed by atoms with Crippen molar-refractivity contribution in [1.82, 2.24) is 0 Å². The second kappa shape index (κ2) is 14.3. The highest BCUT2D eigenvalue weighted by molar-refractivity contribution is 9.09. The van der Waals surface area contributed by atoms with E-state index in [1.165, 1.54) is 75.5 Å². The van der Waals surface area contributed by atoms with Gasteiger partial charge < -0.3 is 21.5 Å². The van der Waals surface area contributed by atoms with E-state index in [4.69, 9.17) is 0 Å². The predicted molar refractivity (Wildman–Crippen MR) is 82.6 cm³/mol. The molecule has 0 aromatic rings. The van der Waals surface area contributed by atoms with Crippen LogP contribution in [0.15, 0.2) is 0 Å². The molecule has 0 bridgehead atoms. The molecule has 0 saturated heterocycles. The Kier molecular flexibility index (Phi) is 16.9. The van der Waals surface area contributed by atoms with Crippen molar-refractivity contribution in [3.8, 4) is 0 Å². The zero-order valence-corrected chi connectivity index (χ0v) is 15.9. The maximum Gasteiger partial charge on any atom is 0.134 e. The normalized spacial score (nSPS) is 11.3. The van der Waals surface area contributed by atoms with Gasteiger partial charge in [0, 0.05) is 0 Å². The minimum Gasteiger partial charge on any atom is -1.00 e. The van der Waals surface area contributed by atoms with Crippen LogP contribution in [0.5, 0.6) is 0 Å². The van der Waals surface area contributed by atoms with Crippen molar-refractivity contribution >= 4 is 15.9 Å². The Morgan fingerprint density at radius 2 is 1.11 bits per heavy atom. The predicted octanol–water partition coefficient (Wildman–Crippen LogP) is 2.34. The molecule has 0 spiro atoms. The van der Waals surface area contributed by atoms with Crippen molar-refractivity contribution in [1.29, 1.82) is 0 Å². The van der Waals surface area contributed by atoms with Crippen LogP contribution >= 0.6 is 15.9 Å². The third-order valence-corrected chi connectivity index (χ3v) is 4.78. The van der Waals surface area contributed by atoms with E-state index in [0.717, 1.165) is 5.45 Å². The van der Waals surface area contributed by atoms with E-state index in [2.05, 4.69) is 36.7 Å². The molecule has 0 N–H and O–H groups in total. The molecule has 0 unspecified atom stereocenters. The van der Waals surface area contributed by atoms with E-state index in [1.807, 2.05) is 0 Å². The summed E-state index contributed by atoms with van der Waals surface area (Å²) in [6.07, 6.45) is 11.0. The van der Waals surface area contributed by atoms with Crippen molar-refractivity contribution in [3.05, 3.63) is 0 Å². The Hall–Kier alpha value is 0.920. The molecule has 3 heteroatoms. The highest BCUT2D eigenvalue weighted by atomic mass is 79.9. The first-order valence-corrected chi connectivity index (χ1v) is 8.77. The molecule has 112 valence electrons. The molecule has 1 nitrogen and oxygen atoms in total. The average Bonchev–Trinajstić information content (AvgIpc) is 2.37. The maximum absolute atomic E-state index is 3.77. The molecule has 0 aliphatic rings. The summed E-state index contributed by atoms with van der Waals surface area (Å²) in [4.78, 5) is 0. The molecule has 0 fully saturated rings. The largest absolute Gasteiger partial charge is 1.00 e. The molecule has 18 heavy (non-hydrogen) atoms. The highest BCUT2D eigenvalue weighted by Crippen LogP contribution is 2.17. The fraction of sp³-hybridized carbons (Fsp3) is 1.00. The topological polar surface area (TPSA) is 0 Å². The quantitative estimate of drug-likeness (QED) is 0.209. The summed E-state index contributed by atoms with van der Waals surface area (Å²) in [6.45, 7) is 11.0. The Morgan fingerprint density at radius 1 is 0.667 bits per heavy atom. The van der Waals surface area contributed by atoms with Crippen LogP contribution in [0.2, 0.25) is 0 Å². The van der Waals surface area contributed by atoms with Gasteiger partial charge in [-0.3, -0.25) is 0 Å². The Balaban J connectivity index is 0. The lowest BCUT2D eigenvalue weighted by molar-refractivity contribution is -0.915. The van der Waals surface area contributed by atoms with Gasteiger partial charge in [-0.25, -0.2) is 0 Å². The second-order valence-electron chi connectivity index (χ2n) is 5.40. The van der Waals surface area contributed by atoms with Crippen molar-refractivity contribution in [3.63, 3.8) is 0 Å². The van der Waals surface area contributed by atoms with Gasteiger partial charge in [-0.2, -0.15) is 0 Å². The van der Waals surface area contributed by atoms with Crippen LogP contribution in [0.25, 0.3) is 0 Å². The molecular weight excluding hydrogens is 354 g/mol. The zero-order valence-electron chi connectivity index (χ0n) is 12.7. The summed E-state index contributed by atoms with van der Waals surface area (Å²) in [5.41, 5.74) is 1.15. The Labute approximate surface area is 134 Å². The van der Waals surface area contributed by atoms with Gasteiger partial charge in [-0.1, -0.05) is 46.5 Å². The lowest BCUT2D eigenvalue weighted by atomic mass is 10.1. The van der Waals surface area contributed by atoms with Crippen LogP contribution < -0.4 is 17.0 Å². The van der Waals surface area contributed by atoms with E-state index in [1.54, 1.807) is 0 Å². The van der Waals surface area contributed by atoms with Gasteiger partial charge in [-0.05, 0) is 41.6 Å². The minimum absolute atomic E-state index is 0. The Morgan fingerprint density at radius 3 is 1.50 bits per heavy atom. The van der Waals surface area contributed by atoms with E-state index in [9.17, 15) is 0 Å². The lowest BCUT2D eigenvalue weighted by Gasteiger charge is -2.37. The molecule has 0 atom stereocenters. The second-order valence-corrected chi connectivity index (χ2v) is 5.90. The molecule has 0 amide bonds. The average molecular weight is 387 g/mol. The van der Waals surface area contributed by atoms with E-state index in [0.29, 0.717) is 0 Å². The third-order valence-electron chi connectivity index (χ3n) is 3.71. The van der Waals surface area contributed by atoms with Crippen molar-refractivity contribution < 1.29 is 21.5 Å². The first-order valence-electron chi connectivity index (χ1n) is 7.65. The van der Waals surface area contributed by atoms with Gasteiger partial charge in [0.15, 0.2) is 0 Å². The summed E-state index contributed by atoms with van der Waals surface area (Å²) in [6, 6.07) is 0. The van der Waals surface area contributed by atoms with E-state index < -0.39 is 0 Å². The minimum atomic E-state index is 0. The summed E-state index contributed by atoms with van der Waals surface area (Å²) < 4.78 is 1.31. The summed E-state index contributed by atoms with van der Waals surface area (Å²) in [5, 5.41) is 0. The number of quaternary nitrogens is 1. The fourth-order valence-electron chi connectivity index (χ4n) is 2.38. The van der Waals surface area contributed by atoms with Gasteiger partial charge in [0.05, 0.1) is 19.6 Å². The molecule has 0 heterocycles. The fourth-order valence-corrected chi connectivity index (χ4v) is 3.13. The first kappa shape index (κ1) is 21.2. The van der Waals surface area contributed by atoms with Crippen LogP contribution in [-0.4, -0.2) is 29.6 Å². The van der Waals surface area contributed by atoms with Gasteiger partial charge in [0.2, 0.25) is 0 Å².